The first-order valence-corrected chi connectivity index (χ1v) is 8.44. The van der Waals surface area contributed by atoms with Crippen LogP contribution < -0.4 is 10.6 Å². The molecule has 0 aliphatic heterocycles. The van der Waals surface area contributed by atoms with Gasteiger partial charge in [-0.15, -0.1) is 0 Å². The van der Waals surface area contributed by atoms with Gasteiger partial charge in [0.1, 0.15) is 5.82 Å². The number of nitrogens with one attached hydrogen (secondary N) is 2. The monoisotopic (exact) mass is 367 g/mol. The Morgan fingerprint density at radius 1 is 1.31 bits per heavy atom. The van der Waals surface area contributed by atoms with Gasteiger partial charge >= 0.3 is 12.2 Å². The quantitative estimate of drug-likeness (QED) is 0.854. The van der Waals surface area contributed by atoms with Crippen molar-refractivity contribution in [1.29, 1.82) is 0 Å². The van der Waals surface area contributed by atoms with Crippen molar-refractivity contribution in [1.82, 2.24) is 20.1 Å². The summed E-state index contributed by atoms with van der Waals surface area (Å²) in [5, 5.41) is 8.82. The molecule has 2 aromatic heterocycles. The molecule has 140 valence electrons. The second kappa shape index (κ2) is 7.35. The van der Waals surface area contributed by atoms with E-state index in [2.05, 4.69) is 15.4 Å². The van der Waals surface area contributed by atoms with Crippen LogP contribution in [0.1, 0.15) is 48.9 Å². The van der Waals surface area contributed by atoms with Gasteiger partial charge in [0.25, 0.3) is 0 Å². The average molecular weight is 367 g/mol. The maximum atomic E-state index is 13.4. The molecule has 0 bridgehead atoms. The summed E-state index contributed by atoms with van der Waals surface area (Å²) in [4.78, 5) is 16.0. The highest BCUT2D eigenvalue weighted by molar-refractivity contribution is 5.89. The van der Waals surface area contributed by atoms with Crippen LogP contribution in [0.15, 0.2) is 30.7 Å². The molecule has 2 aromatic rings. The fraction of sp³-hybridized carbons (Fsp3) is 0.471. The van der Waals surface area contributed by atoms with E-state index in [1.54, 1.807) is 17.8 Å². The molecule has 0 unspecified atom stereocenters. The van der Waals surface area contributed by atoms with Crippen molar-refractivity contribution in [2.45, 2.75) is 50.9 Å². The van der Waals surface area contributed by atoms with Crippen molar-refractivity contribution < 1.29 is 18.0 Å². The van der Waals surface area contributed by atoms with Crippen LogP contribution >= 0.6 is 0 Å². The number of urea groups is 1. The Kier molecular flexibility index (Phi) is 5.15. The maximum Gasteiger partial charge on any atom is 0.412 e. The highest BCUT2D eigenvalue weighted by atomic mass is 19.4. The number of amides is 2. The van der Waals surface area contributed by atoms with Crippen LogP contribution in [0.5, 0.6) is 0 Å². The van der Waals surface area contributed by atoms with Crippen molar-refractivity contribution >= 4 is 11.8 Å². The average Bonchev–Trinajstić information content (AvgIpc) is 3.23. The first-order chi connectivity index (χ1) is 12.4. The number of aromatic nitrogens is 3. The van der Waals surface area contributed by atoms with E-state index in [0.717, 1.165) is 31.9 Å². The van der Waals surface area contributed by atoms with Gasteiger partial charge in [-0.2, -0.15) is 18.3 Å². The second-order valence-electron chi connectivity index (χ2n) is 6.42. The summed E-state index contributed by atoms with van der Waals surface area (Å²) >= 11 is 0. The first kappa shape index (κ1) is 18.2. The van der Waals surface area contributed by atoms with Gasteiger partial charge in [0.2, 0.25) is 0 Å². The Bertz CT molecular complexity index is 754. The van der Waals surface area contributed by atoms with Crippen molar-refractivity contribution in [3.05, 3.63) is 41.9 Å². The lowest BCUT2D eigenvalue weighted by Crippen LogP contribution is -2.41. The number of anilines is 1. The summed E-state index contributed by atoms with van der Waals surface area (Å²) in [5.41, 5.74) is 0.577. The number of rotatable bonds is 4. The Morgan fingerprint density at radius 3 is 2.65 bits per heavy atom. The summed E-state index contributed by atoms with van der Waals surface area (Å²) < 4.78 is 41.8. The molecule has 0 spiro atoms. The van der Waals surface area contributed by atoms with Crippen molar-refractivity contribution in [2.24, 2.45) is 0 Å². The first-order valence-electron chi connectivity index (χ1n) is 8.44. The van der Waals surface area contributed by atoms with Crippen molar-refractivity contribution in [3.63, 3.8) is 0 Å². The fourth-order valence-electron chi connectivity index (χ4n) is 3.21. The Morgan fingerprint density at radius 2 is 2.04 bits per heavy atom. The number of carbonyl (C=O) groups excluding carboxylic acids is 1. The number of alkyl halides is 3. The van der Waals surface area contributed by atoms with E-state index in [1.165, 1.54) is 18.3 Å². The van der Waals surface area contributed by atoms with Crippen molar-refractivity contribution in [3.8, 4) is 0 Å². The molecule has 1 aliphatic rings. The zero-order chi connectivity index (χ0) is 18.7. The molecule has 6 nitrogen and oxygen atoms in total. The molecular formula is C17H20F3N5O. The van der Waals surface area contributed by atoms with Gasteiger partial charge in [-0.1, -0.05) is 18.9 Å². The predicted molar refractivity (Wildman–Crippen MR) is 89.7 cm³/mol. The van der Waals surface area contributed by atoms with E-state index >= 15 is 0 Å². The molecule has 2 heterocycles. The summed E-state index contributed by atoms with van der Waals surface area (Å²) in [6.45, 7) is 1.76. The molecular weight excluding hydrogens is 347 g/mol. The number of hydrogen-bond donors (Lipinski definition) is 2. The zero-order valence-electron chi connectivity index (χ0n) is 14.3. The van der Waals surface area contributed by atoms with Crippen LogP contribution in [0.25, 0.3) is 0 Å². The summed E-state index contributed by atoms with van der Waals surface area (Å²) in [6.07, 6.45) is 3.47. The molecule has 26 heavy (non-hydrogen) atoms. The van der Waals surface area contributed by atoms with Crippen LogP contribution in [-0.4, -0.2) is 27.0 Å². The van der Waals surface area contributed by atoms with Gasteiger partial charge in [0.05, 0.1) is 12.2 Å². The molecule has 2 N–H and O–H groups in total. The van der Waals surface area contributed by atoms with Gasteiger partial charge in [0, 0.05) is 23.5 Å². The van der Waals surface area contributed by atoms with Gasteiger partial charge in [-0.05, 0) is 25.8 Å². The molecule has 1 saturated carbocycles. The van der Waals surface area contributed by atoms with Gasteiger partial charge in [-0.25, -0.2) is 9.48 Å². The lowest BCUT2D eigenvalue weighted by atomic mass is 10.1. The smallest absolute Gasteiger partial charge is 0.322 e. The zero-order valence-corrected chi connectivity index (χ0v) is 14.3. The van der Waals surface area contributed by atoms with E-state index < -0.39 is 18.2 Å². The summed E-state index contributed by atoms with van der Waals surface area (Å²) in [6, 6.07) is -0.235. The number of aryl methyl sites for hydroxylation is 1. The maximum absolute atomic E-state index is 13.4. The minimum absolute atomic E-state index is 0.129. The van der Waals surface area contributed by atoms with Crippen LogP contribution in [0.3, 0.4) is 0 Å². The molecule has 3 rings (SSSR count). The van der Waals surface area contributed by atoms with Gasteiger partial charge in [-0.3, -0.25) is 10.3 Å². The standard InChI is InChI=1S/C17H20F3N5O/c1-11-9-22-25(13-6-2-3-7-13)15(11)24-16(26)23-14(17(18,19)20)12-5-4-8-21-10-12/h4-5,8-10,13-14H,2-3,6-7H2,1H3,(H2,23,24,26)/t14-/m1/s1. The topological polar surface area (TPSA) is 71.8 Å². The normalized spacial score (nSPS) is 16.5. The SMILES string of the molecule is Cc1cnn(C2CCCC2)c1NC(=O)N[C@H](c1cccnc1)C(F)(F)F. The third-order valence-electron chi connectivity index (χ3n) is 4.50. The number of hydrogen-bond acceptors (Lipinski definition) is 3. The Hall–Kier alpha value is -2.58. The molecule has 2 amide bonds. The molecule has 0 aromatic carbocycles. The highest BCUT2D eigenvalue weighted by Gasteiger charge is 2.42. The molecule has 1 atom stereocenters. The molecule has 9 heteroatoms. The predicted octanol–water partition coefficient (Wildman–Crippen LogP) is 4.13. The third-order valence-corrected chi connectivity index (χ3v) is 4.50. The summed E-state index contributed by atoms with van der Waals surface area (Å²) in [5.74, 6) is 0.432. The highest BCUT2D eigenvalue weighted by Crippen LogP contribution is 2.34. The van der Waals surface area contributed by atoms with Crippen LogP contribution in [0.2, 0.25) is 0 Å². The van der Waals surface area contributed by atoms with E-state index in [4.69, 9.17) is 0 Å². The van der Waals surface area contributed by atoms with Gasteiger partial charge in [0.15, 0.2) is 6.04 Å². The third kappa shape index (κ3) is 3.97. The lowest BCUT2D eigenvalue weighted by molar-refractivity contribution is -0.154. The van der Waals surface area contributed by atoms with E-state index in [-0.39, 0.29) is 11.6 Å². The van der Waals surface area contributed by atoms with E-state index in [0.29, 0.717) is 11.4 Å². The van der Waals surface area contributed by atoms with Crippen LogP contribution in [-0.2, 0) is 0 Å². The number of pyridine rings is 1. The molecule has 0 saturated heterocycles. The summed E-state index contributed by atoms with van der Waals surface area (Å²) in [7, 11) is 0. The largest absolute Gasteiger partial charge is 0.412 e. The molecule has 1 aliphatic carbocycles. The number of nitrogens with zero attached hydrogens (tertiary/aromatic N) is 3. The minimum atomic E-state index is -4.64. The minimum Gasteiger partial charge on any atom is -0.322 e. The number of halogens is 3. The molecule has 0 radical (unpaired) electrons. The lowest BCUT2D eigenvalue weighted by Gasteiger charge is -2.22. The Balaban J connectivity index is 1.76. The van der Waals surface area contributed by atoms with Gasteiger partial charge < -0.3 is 5.32 Å². The van der Waals surface area contributed by atoms with E-state index in [9.17, 15) is 18.0 Å². The Labute approximate surface area is 148 Å². The van der Waals surface area contributed by atoms with Crippen molar-refractivity contribution in [2.75, 3.05) is 5.32 Å². The van der Waals surface area contributed by atoms with E-state index in [1.807, 2.05) is 5.32 Å². The molecule has 1 fully saturated rings. The van der Waals surface area contributed by atoms with Crippen LogP contribution in [0.4, 0.5) is 23.8 Å². The fourth-order valence-corrected chi connectivity index (χ4v) is 3.21. The van der Waals surface area contributed by atoms with Crippen LogP contribution in [0, 0.1) is 6.92 Å². The number of carbonyl (C=O) groups is 1. The second-order valence-corrected chi connectivity index (χ2v) is 6.42.